The van der Waals surface area contributed by atoms with Crippen molar-refractivity contribution in [2.75, 3.05) is 26.3 Å². The highest BCUT2D eigenvalue weighted by atomic mass is 16.5. The van der Waals surface area contributed by atoms with Crippen LogP contribution in [0.3, 0.4) is 0 Å². The van der Waals surface area contributed by atoms with E-state index in [0.29, 0.717) is 17.2 Å². The van der Waals surface area contributed by atoms with Crippen molar-refractivity contribution in [2.45, 2.75) is 57.8 Å². The van der Waals surface area contributed by atoms with Gasteiger partial charge in [0, 0.05) is 31.7 Å². The predicted molar refractivity (Wildman–Crippen MR) is 77.3 cm³/mol. The Morgan fingerprint density at radius 2 is 1.60 bits per heavy atom. The highest BCUT2D eigenvalue weighted by molar-refractivity contribution is 5.84. The van der Waals surface area contributed by atoms with Gasteiger partial charge in [-0.25, -0.2) is 0 Å². The lowest BCUT2D eigenvalue weighted by Gasteiger charge is -2.55. The fraction of sp³-hybridized carbons (Fsp3) is 0.941. The molecular formula is C17H27NO2. The summed E-state index contributed by atoms with van der Waals surface area (Å²) in [5.41, 5.74) is 0.484. The third kappa shape index (κ3) is 2.01. The van der Waals surface area contributed by atoms with E-state index in [9.17, 15) is 4.79 Å². The van der Waals surface area contributed by atoms with Gasteiger partial charge in [0.25, 0.3) is 0 Å². The molecule has 0 unspecified atom stereocenters. The van der Waals surface area contributed by atoms with Crippen molar-refractivity contribution < 1.29 is 9.53 Å². The molecule has 112 valence electrons. The summed E-state index contributed by atoms with van der Waals surface area (Å²) in [6, 6.07) is 0. The normalized spacial score (nSPS) is 31.9. The van der Waals surface area contributed by atoms with Gasteiger partial charge in [-0.2, -0.15) is 0 Å². The molecule has 1 spiro atoms. The van der Waals surface area contributed by atoms with E-state index in [1.807, 2.05) is 0 Å². The van der Waals surface area contributed by atoms with Gasteiger partial charge in [0.15, 0.2) is 0 Å². The summed E-state index contributed by atoms with van der Waals surface area (Å²) < 4.78 is 5.52. The minimum Gasteiger partial charge on any atom is -0.381 e. The number of carbonyl (C=O) groups is 1. The summed E-state index contributed by atoms with van der Waals surface area (Å²) in [7, 11) is 0. The van der Waals surface area contributed by atoms with E-state index in [2.05, 4.69) is 4.90 Å². The van der Waals surface area contributed by atoms with Crippen molar-refractivity contribution >= 4 is 5.91 Å². The van der Waals surface area contributed by atoms with Crippen molar-refractivity contribution in [3.8, 4) is 0 Å². The van der Waals surface area contributed by atoms with Crippen LogP contribution in [-0.4, -0.2) is 37.1 Å². The Hall–Kier alpha value is -0.570. The SMILES string of the molecule is O=C(N1CC2(CCCCC2)C1)C1(C2CC2)CCOCC1. The first-order valence-corrected chi connectivity index (χ1v) is 8.61. The number of carbonyl (C=O) groups excluding carboxylic acids is 1. The maximum atomic E-state index is 13.1. The van der Waals surface area contributed by atoms with E-state index in [1.165, 1.54) is 44.9 Å². The molecule has 0 aromatic rings. The summed E-state index contributed by atoms with van der Waals surface area (Å²) in [5.74, 6) is 1.15. The number of ether oxygens (including phenoxy) is 1. The van der Waals surface area contributed by atoms with E-state index in [-0.39, 0.29) is 5.41 Å². The van der Waals surface area contributed by atoms with Gasteiger partial charge >= 0.3 is 0 Å². The molecule has 0 aromatic heterocycles. The molecule has 4 rings (SSSR count). The Morgan fingerprint density at radius 3 is 2.20 bits per heavy atom. The zero-order chi connectivity index (χ0) is 13.6. The standard InChI is InChI=1S/C17H27NO2/c19-15(17(14-4-5-14)8-10-20-11-9-17)18-12-16(13-18)6-2-1-3-7-16/h14H,1-13H2. The van der Waals surface area contributed by atoms with Crippen molar-refractivity contribution in [3.63, 3.8) is 0 Å². The minimum absolute atomic E-state index is 0.0332. The highest BCUT2D eigenvalue weighted by Gasteiger charge is 2.56. The van der Waals surface area contributed by atoms with Crippen LogP contribution in [0.4, 0.5) is 0 Å². The highest BCUT2D eigenvalue weighted by Crippen LogP contribution is 2.54. The zero-order valence-corrected chi connectivity index (χ0v) is 12.5. The third-order valence-corrected chi connectivity index (χ3v) is 6.42. The van der Waals surface area contributed by atoms with Gasteiger partial charge in [-0.3, -0.25) is 4.79 Å². The maximum absolute atomic E-state index is 13.1. The van der Waals surface area contributed by atoms with Crippen LogP contribution in [0.2, 0.25) is 0 Å². The molecule has 3 heteroatoms. The van der Waals surface area contributed by atoms with Gasteiger partial charge in [-0.1, -0.05) is 19.3 Å². The molecule has 2 aliphatic carbocycles. The van der Waals surface area contributed by atoms with Crippen LogP contribution in [0.15, 0.2) is 0 Å². The lowest BCUT2D eigenvalue weighted by atomic mass is 9.66. The van der Waals surface area contributed by atoms with Gasteiger partial charge in [0.2, 0.25) is 5.91 Å². The summed E-state index contributed by atoms with van der Waals surface area (Å²) >= 11 is 0. The van der Waals surface area contributed by atoms with E-state index < -0.39 is 0 Å². The van der Waals surface area contributed by atoms with Crippen molar-refractivity contribution in [1.29, 1.82) is 0 Å². The van der Waals surface area contributed by atoms with E-state index >= 15 is 0 Å². The predicted octanol–water partition coefficient (Wildman–Crippen LogP) is 2.99. The topological polar surface area (TPSA) is 29.5 Å². The third-order valence-electron chi connectivity index (χ3n) is 6.42. The molecular weight excluding hydrogens is 250 g/mol. The Morgan fingerprint density at radius 1 is 0.950 bits per heavy atom. The fourth-order valence-corrected chi connectivity index (χ4v) is 5.01. The van der Waals surface area contributed by atoms with Gasteiger partial charge in [-0.05, 0) is 44.4 Å². The van der Waals surface area contributed by atoms with Crippen molar-refractivity contribution in [1.82, 2.24) is 4.90 Å². The van der Waals surface area contributed by atoms with E-state index in [0.717, 1.165) is 39.1 Å². The Labute approximate surface area is 122 Å². The molecule has 1 amide bonds. The van der Waals surface area contributed by atoms with Crippen molar-refractivity contribution in [3.05, 3.63) is 0 Å². The molecule has 4 aliphatic rings. The fourth-order valence-electron chi connectivity index (χ4n) is 5.01. The second kappa shape index (κ2) is 4.72. The summed E-state index contributed by atoms with van der Waals surface area (Å²) in [6.45, 7) is 3.70. The van der Waals surface area contributed by atoms with Crippen LogP contribution in [0.5, 0.6) is 0 Å². The molecule has 3 nitrogen and oxygen atoms in total. The van der Waals surface area contributed by atoms with E-state index in [1.54, 1.807) is 0 Å². The Bertz CT molecular complexity index is 382. The first kappa shape index (κ1) is 13.1. The summed E-state index contributed by atoms with van der Waals surface area (Å²) in [4.78, 5) is 15.3. The van der Waals surface area contributed by atoms with Gasteiger partial charge in [0.1, 0.15) is 0 Å². The van der Waals surface area contributed by atoms with Crippen LogP contribution in [0.25, 0.3) is 0 Å². The molecule has 0 radical (unpaired) electrons. The molecule has 4 fully saturated rings. The second-order valence-corrected chi connectivity index (χ2v) is 7.76. The molecule has 2 saturated heterocycles. The maximum Gasteiger partial charge on any atom is 0.229 e. The smallest absolute Gasteiger partial charge is 0.229 e. The van der Waals surface area contributed by atoms with Crippen LogP contribution >= 0.6 is 0 Å². The van der Waals surface area contributed by atoms with E-state index in [4.69, 9.17) is 4.74 Å². The Balaban J connectivity index is 1.44. The number of rotatable bonds is 2. The first-order chi connectivity index (χ1) is 9.74. The van der Waals surface area contributed by atoms with Crippen molar-refractivity contribution in [2.24, 2.45) is 16.7 Å². The summed E-state index contributed by atoms with van der Waals surface area (Å²) in [6.07, 6.45) is 11.4. The lowest BCUT2D eigenvalue weighted by Crippen LogP contribution is -2.63. The average Bonchev–Trinajstić information content (AvgIpc) is 3.30. The van der Waals surface area contributed by atoms with Crippen LogP contribution in [-0.2, 0) is 9.53 Å². The van der Waals surface area contributed by atoms with Crippen LogP contribution < -0.4 is 0 Å². The molecule has 0 bridgehead atoms. The minimum atomic E-state index is -0.0332. The molecule has 2 heterocycles. The molecule has 0 aromatic carbocycles. The quantitative estimate of drug-likeness (QED) is 0.776. The average molecular weight is 277 g/mol. The summed E-state index contributed by atoms with van der Waals surface area (Å²) in [5, 5.41) is 0. The Kier molecular flexibility index (Phi) is 3.10. The number of hydrogen-bond acceptors (Lipinski definition) is 2. The van der Waals surface area contributed by atoms with Crippen LogP contribution in [0, 0.1) is 16.7 Å². The first-order valence-electron chi connectivity index (χ1n) is 8.61. The largest absolute Gasteiger partial charge is 0.381 e. The molecule has 2 saturated carbocycles. The molecule has 0 atom stereocenters. The molecule has 20 heavy (non-hydrogen) atoms. The number of amides is 1. The van der Waals surface area contributed by atoms with Gasteiger partial charge < -0.3 is 9.64 Å². The van der Waals surface area contributed by atoms with Crippen LogP contribution in [0.1, 0.15) is 57.8 Å². The number of nitrogens with zero attached hydrogens (tertiary/aromatic N) is 1. The van der Waals surface area contributed by atoms with Gasteiger partial charge in [0.05, 0.1) is 5.41 Å². The second-order valence-electron chi connectivity index (χ2n) is 7.76. The zero-order valence-electron chi connectivity index (χ0n) is 12.5. The molecule has 2 aliphatic heterocycles. The monoisotopic (exact) mass is 277 g/mol. The lowest BCUT2D eigenvalue weighted by molar-refractivity contribution is -0.164. The number of likely N-dealkylation sites (tertiary alicyclic amines) is 1. The molecule has 0 N–H and O–H groups in total. The number of hydrogen-bond donors (Lipinski definition) is 0. The van der Waals surface area contributed by atoms with Gasteiger partial charge in [-0.15, -0.1) is 0 Å².